The van der Waals surface area contributed by atoms with Crippen LogP contribution in [-0.2, 0) is 29.8 Å². The SMILES string of the molecule is NC(CCC(=O)O)C(=O)O.O=S(O)(O)=S. The second-order valence-electron chi connectivity index (χ2n) is 2.32. The van der Waals surface area contributed by atoms with Gasteiger partial charge < -0.3 is 15.9 Å². The van der Waals surface area contributed by atoms with Gasteiger partial charge in [0.2, 0.25) is 0 Å². The molecule has 0 radical (unpaired) electrons. The molecule has 0 saturated carbocycles. The van der Waals surface area contributed by atoms with Crippen molar-refractivity contribution in [3.8, 4) is 0 Å². The maximum absolute atomic E-state index is 9.99. The zero-order chi connectivity index (χ0) is 12.6. The zero-order valence-electron chi connectivity index (χ0n) is 7.40. The summed E-state index contributed by atoms with van der Waals surface area (Å²) in [5, 5.41) is 16.3. The molecule has 0 amide bonds. The minimum Gasteiger partial charge on any atom is -0.481 e. The molecule has 6 N–H and O–H groups in total. The van der Waals surface area contributed by atoms with E-state index in [4.69, 9.17) is 29.3 Å². The van der Waals surface area contributed by atoms with Crippen LogP contribution in [0.4, 0.5) is 0 Å². The number of nitrogens with two attached hydrogens (primary N) is 1. The quantitative estimate of drug-likeness (QED) is 0.425. The average molecular weight is 261 g/mol. The summed E-state index contributed by atoms with van der Waals surface area (Å²) >= 11 is 3.47. The van der Waals surface area contributed by atoms with Crippen LogP contribution >= 0.6 is 0 Å². The molecule has 0 rings (SSSR count). The molecule has 1 atom stereocenters. The lowest BCUT2D eigenvalue weighted by molar-refractivity contribution is -0.139. The lowest BCUT2D eigenvalue weighted by atomic mass is 10.2. The number of hydrogen-bond acceptors (Lipinski definition) is 5. The molecular formula is C5H11NO7S2. The van der Waals surface area contributed by atoms with Gasteiger partial charge in [0.25, 0.3) is 9.05 Å². The Morgan fingerprint density at radius 3 is 1.87 bits per heavy atom. The fourth-order valence-electron chi connectivity index (χ4n) is 0.402. The molecule has 0 aliphatic rings. The molecule has 0 aromatic carbocycles. The van der Waals surface area contributed by atoms with Gasteiger partial charge >= 0.3 is 11.9 Å². The normalized spacial score (nSPS) is 12.2. The lowest BCUT2D eigenvalue weighted by Crippen LogP contribution is -2.30. The predicted molar refractivity (Wildman–Crippen MR) is 53.2 cm³/mol. The van der Waals surface area contributed by atoms with Crippen molar-refractivity contribution in [1.82, 2.24) is 0 Å². The van der Waals surface area contributed by atoms with Gasteiger partial charge in [-0.2, -0.15) is 4.21 Å². The summed E-state index contributed by atoms with van der Waals surface area (Å²) in [6.07, 6.45) is -0.224. The highest BCUT2D eigenvalue weighted by atomic mass is 32.9. The van der Waals surface area contributed by atoms with Gasteiger partial charge in [-0.05, 0) is 6.42 Å². The van der Waals surface area contributed by atoms with Gasteiger partial charge in [-0.15, -0.1) is 0 Å². The van der Waals surface area contributed by atoms with E-state index in [0.29, 0.717) is 0 Å². The Labute approximate surface area is 90.4 Å². The van der Waals surface area contributed by atoms with E-state index < -0.39 is 27.0 Å². The fraction of sp³-hybridized carbons (Fsp3) is 0.600. The highest BCUT2D eigenvalue weighted by Gasteiger charge is 2.12. The Morgan fingerprint density at radius 2 is 1.67 bits per heavy atom. The van der Waals surface area contributed by atoms with Crippen molar-refractivity contribution in [3.63, 3.8) is 0 Å². The molecule has 10 heteroatoms. The number of aliphatic carboxylic acids is 2. The average Bonchev–Trinajstić information content (AvgIpc) is 1.96. The molecule has 1 unspecified atom stereocenters. The number of carbonyl (C=O) groups is 2. The number of carboxylic acids is 2. The minimum absolute atomic E-state index is 0.0231. The van der Waals surface area contributed by atoms with E-state index in [-0.39, 0.29) is 12.8 Å². The second kappa shape index (κ2) is 7.48. The third-order valence-corrected chi connectivity index (χ3v) is 0.986. The lowest BCUT2D eigenvalue weighted by Gasteiger charge is -2.01. The van der Waals surface area contributed by atoms with Crippen LogP contribution in [0.3, 0.4) is 0 Å². The van der Waals surface area contributed by atoms with Gasteiger partial charge in [0.1, 0.15) is 6.04 Å². The first-order valence-electron chi connectivity index (χ1n) is 3.44. The summed E-state index contributed by atoms with van der Waals surface area (Å²) in [5.74, 6) is -2.20. The first-order valence-corrected chi connectivity index (χ1v) is 5.83. The van der Waals surface area contributed by atoms with Crippen LogP contribution in [0.1, 0.15) is 12.8 Å². The Kier molecular flexibility index (Phi) is 8.28. The Balaban J connectivity index is 0. The van der Waals surface area contributed by atoms with Crippen molar-refractivity contribution in [3.05, 3.63) is 0 Å². The third kappa shape index (κ3) is 24.6. The molecule has 0 bridgehead atoms. The monoisotopic (exact) mass is 261 g/mol. The summed E-state index contributed by atoms with van der Waals surface area (Å²) in [7, 11) is -3.83. The van der Waals surface area contributed by atoms with Crippen LogP contribution in [-0.4, -0.2) is 41.5 Å². The largest absolute Gasteiger partial charge is 0.481 e. The van der Waals surface area contributed by atoms with Crippen LogP contribution in [0, 0.1) is 0 Å². The fourth-order valence-corrected chi connectivity index (χ4v) is 0.402. The highest BCUT2D eigenvalue weighted by Crippen LogP contribution is 1.93. The van der Waals surface area contributed by atoms with E-state index in [1.807, 2.05) is 0 Å². The van der Waals surface area contributed by atoms with Crippen molar-refractivity contribution in [2.75, 3.05) is 0 Å². The smallest absolute Gasteiger partial charge is 0.320 e. The maximum atomic E-state index is 9.99. The van der Waals surface area contributed by atoms with Gasteiger partial charge in [-0.25, -0.2) is 0 Å². The third-order valence-electron chi connectivity index (χ3n) is 0.986. The van der Waals surface area contributed by atoms with E-state index in [9.17, 15) is 9.59 Å². The first-order chi connectivity index (χ1) is 6.54. The molecule has 0 saturated heterocycles. The minimum atomic E-state index is -3.83. The molecule has 8 nitrogen and oxygen atoms in total. The summed E-state index contributed by atoms with van der Waals surface area (Å²) in [4.78, 5) is 19.9. The Morgan fingerprint density at radius 1 is 1.33 bits per heavy atom. The summed E-state index contributed by atoms with van der Waals surface area (Å²) < 4.78 is 24.0. The summed E-state index contributed by atoms with van der Waals surface area (Å²) in [6, 6.07) is -1.06. The molecule has 0 aliphatic carbocycles. The van der Waals surface area contributed by atoms with Gasteiger partial charge in [-0.3, -0.25) is 18.7 Å². The number of carboxylic acid groups (broad SMARTS) is 2. The van der Waals surface area contributed by atoms with Crippen molar-refractivity contribution in [2.24, 2.45) is 5.73 Å². The van der Waals surface area contributed by atoms with E-state index in [2.05, 4.69) is 11.2 Å². The molecule has 90 valence electrons. The summed E-state index contributed by atoms with van der Waals surface area (Å²) in [6.45, 7) is 0. The van der Waals surface area contributed by atoms with Gasteiger partial charge in [-0.1, -0.05) is 0 Å². The Hall–Kier alpha value is -0.810. The summed E-state index contributed by atoms with van der Waals surface area (Å²) in [5.41, 5.74) is 5.00. The van der Waals surface area contributed by atoms with E-state index in [1.165, 1.54) is 0 Å². The first kappa shape index (κ1) is 16.6. The Bertz CT molecular complexity index is 303. The predicted octanol–water partition coefficient (Wildman–Crippen LogP) is -1.06. The van der Waals surface area contributed by atoms with Gasteiger partial charge in [0, 0.05) is 17.6 Å². The van der Waals surface area contributed by atoms with Crippen molar-refractivity contribution < 1.29 is 33.1 Å². The van der Waals surface area contributed by atoms with Crippen LogP contribution in [0.2, 0.25) is 0 Å². The van der Waals surface area contributed by atoms with Crippen molar-refractivity contribution >= 4 is 32.2 Å². The highest BCUT2D eigenvalue weighted by molar-refractivity contribution is 8.26. The van der Waals surface area contributed by atoms with Gasteiger partial charge in [0.05, 0.1) is 0 Å². The van der Waals surface area contributed by atoms with Crippen LogP contribution in [0.15, 0.2) is 0 Å². The molecular weight excluding hydrogens is 250 g/mol. The maximum Gasteiger partial charge on any atom is 0.320 e. The van der Waals surface area contributed by atoms with Crippen molar-refractivity contribution in [2.45, 2.75) is 18.9 Å². The second-order valence-corrected chi connectivity index (χ2v) is 4.52. The number of hydrogen-bond donors (Lipinski definition) is 5. The number of rotatable bonds is 4. The topological polar surface area (TPSA) is 158 Å². The van der Waals surface area contributed by atoms with Crippen LogP contribution in [0.25, 0.3) is 0 Å². The molecule has 0 aromatic rings. The molecule has 0 heterocycles. The molecule has 0 aromatic heterocycles. The zero-order valence-corrected chi connectivity index (χ0v) is 9.03. The standard InChI is InChI=1S/C5H9NO4.H2O3S2/c6-3(5(9)10)1-2-4(7)8;1-5(2,3)4/h3H,1-2,6H2,(H,7,8)(H,9,10);(H2,1,2,3,4). The van der Waals surface area contributed by atoms with E-state index in [0.717, 1.165) is 0 Å². The molecule has 0 fully saturated rings. The van der Waals surface area contributed by atoms with Crippen LogP contribution < -0.4 is 5.73 Å². The van der Waals surface area contributed by atoms with E-state index >= 15 is 0 Å². The molecule has 0 aliphatic heterocycles. The molecule has 0 spiro atoms. The molecule has 15 heavy (non-hydrogen) atoms. The van der Waals surface area contributed by atoms with Crippen LogP contribution in [0.5, 0.6) is 0 Å². The van der Waals surface area contributed by atoms with Gasteiger partial charge in [0.15, 0.2) is 0 Å². The van der Waals surface area contributed by atoms with E-state index in [1.54, 1.807) is 0 Å². The van der Waals surface area contributed by atoms with Crippen molar-refractivity contribution in [1.29, 1.82) is 0 Å².